The van der Waals surface area contributed by atoms with Gasteiger partial charge in [0.05, 0.1) is 6.10 Å². The third kappa shape index (κ3) is 4.00. The Balaban J connectivity index is 2.83. The summed E-state index contributed by atoms with van der Waals surface area (Å²) < 4.78 is 42.3. The number of hydrogen-bond donors (Lipinski definition) is 0. The lowest BCUT2D eigenvalue weighted by atomic mass is 10.0. The summed E-state index contributed by atoms with van der Waals surface area (Å²) in [4.78, 5) is 0. The fraction of sp³-hybridized carbons (Fsp3) is 0.500. The molecule has 0 N–H and O–H groups in total. The number of alkyl halides is 4. The van der Waals surface area contributed by atoms with E-state index in [0.717, 1.165) is 18.1 Å². The Morgan fingerprint density at radius 2 is 1.88 bits per heavy atom. The van der Waals surface area contributed by atoms with Crippen LogP contribution in [0.3, 0.4) is 0 Å². The summed E-state index contributed by atoms with van der Waals surface area (Å²) in [7, 11) is 0. The SMILES string of the molecule is Cc1ccccc1C(CBr)OC(C)C(F)(F)F. The molecule has 0 aliphatic heterocycles. The summed E-state index contributed by atoms with van der Waals surface area (Å²) in [5.74, 6) is 0. The molecule has 0 bridgehead atoms. The van der Waals surface area contributed by atoms with Gasteiger partial charge in [-0.25, -0.2) is 0 Å². The summed E-state index contributed by atoms with van der Waals surface area (Å²) in [5, 5.41) is 0.332. The fourth-order valence-corrected chi connectivity index (χ4v) is 1.97. The normalized spacial score (nSPS) is 15.6. The first-order valence-corrected chi connectivity index (χ1v) is 6.32. The molecule has 0 saturated carbocycles. The second kappa shape index (κ2) is 5.87. The van der Waals surface area contributed by atoms with Gasteiger partial charge in [0.2, 0.25) is 0 Å². The van der Waals surface area contributed by atoms with Crippen LogP contribution in [0, 0.1) is 6.92 Å². The second-order valence-corrected chi connectivity index (χ2v) is 4.47. The van der Waals surface area contributed by atoms with Crippen molar-refractivity contribution in [3.05, 3.63) is 35.4 Å². The minimum Gasteiger partial charge on any atom is -0.360 e. The van der Waals surface area contributed by atoms with Crippen LogP contribution in [0.1, 0.15) is 24.2 Å². The quantitative estimate of drug-likeness (QED) is 0.749. The zero-order chi connectivity index (χ0) is 13.1. The first-order chi connectivity index (χ1) is 7.86. The van der Waals surface area contributed by atoms with Crippen LogP contribution in [0.15, 0.2) is 24.3 Å². The van der Waals surface area contributed by atoms with E-state index in [9.17, 15) is 13.2 Å². The van der Waals surface area contributed by atoms with Crippen LogP contribution >= 0.6 is 15.9 Å². The van der Waals surface area contributed by atoms with E-state index in [2.05, 4.69) is 15.9 Å². The average Bonchev–Trinajstić information content (AvgIpc) is 2.25. The van der Waals surface area contributed by atoms with Crippen molar-refractivity contribution in [1.82, 2.24) is 0 Å². The zero-order valence-corrected chi connectivity index (χ0v) is 11.2. The van der Waals surface area contributed by atoms with E-state index in [1.807, 2.05) is 19.1 Å². The Kier molecular flexibility index (Phi) is 5.01. The molecule has 2 atom stereocenters. The summed E-state index contributed by atoms with van der Waals surface area (Å²) in [6, 6.07) is 7.27. The third-order valence-corrected chi connectivity index (χ3v) is 3.09. The summed E-state index contributed by atoms with van der Waals surface area (Å²) in [5.41, 5.74) is 1.70. The third-order valence-electron chi connectivity index (χ3n) is 2.50. The van der Waals surface area contributed by atoms with E-state index >= 15 is 0 Å². The van der Waals surface area contributed by atoms with Gasteiger partial charge in [0.1, 0.15) is 0 Å². The monoisotopic (exact) mass is 310 g/mol. The standard InChI is InChI=1S/C12H14BrF3O/c1-8-5-3-4-6-10(8)11(7-13)17-9(2)12(14,15)16/h3-6,9,11H,7H2,1-2H3. The minimum absolute atomic E-state index is 0.332. The van der Waals surface area contributed by atoms with E-state index in [1.54, 1.807) is 12.1 Å². The van der Waals surface area contributed by atoms with Crippen molar-refractivity contribution in [2.75, 3.05) is 5.33 Å². The maximum Gasteiger partial charge on any atom is 0.414 e. The van der Waals surface area contributed by atoms with Crippen molar-refractivity contribution in [3.8, 4) is 0 Å². The molecule has 2 unspecified atom stereocenters. The molecule has 1 rings (SSSR count). The molecule has 0 aromatic heterocycles. The number of ether oxygens (including phenoxy) is 1. The lowest BCUT2D eigenvalue weighted by Crippen LogP contribution is -2.30. The first kappa shape index (κ1) is 14.5. The molecular formula is C12H14BrF3O. The number of halogens is 4. The Morgan fingerprint density at radius 3 is 2.35 bits per heavy atom. The number of benzene rings is 1. The van der Waals surface area contributed by atoms with Gasteiger partial charge in [0.15, 0.2) is 6.10 Å². The van der Waals surface area contributed by atoms with Crippen molar-refractivity contribution >= 4 is 15.9 Å². The molecule has 17 heavy (non-hydrogen) atoms. The summed E-state index contributed by atoms with van der Waals surface area (Å²) >= 11 is 3.19. The Bertz CT molecular complexity index is 365. The van der Waals surface area contributed by atoms with E-state index in [4.69, 9.17) is 4.74 Å². The van der Waals surface area contributed by atoms with Gasteiger partial charge in [-0.2, -0.15) is 13.2 Å². The van der Waals surface area contributed by atoms with Gasteiger partial charge in [-0.3, -0.25) is 0 Å². The van der Waals surface area contributed by atoms with E-state index in [1.165, 1.54) is 0 Å². The average molecular weight is 311 g/mol. The van der Waals surface area contributed by atoms with E-state index in [-0.39, 0.29) is 0 Å². The van der Waals surface area contributed by atoms with Gasteiger partial charge in [-0.1, -0.05) is 40.2 Å². The first-order valence-electron chi connectivity index (χ1n) is 5.20. The van der Waals surface area contributed by atoms with Crippen LogP contribution in [-0.2, 0) is 4.74 Å². The predicted octanol–water partition coefficient (Wildman–Crippen LogP) is 4.40. The van der Waals surface area contributed by atoms with E-state index in [0.29, 0.717) is 5.33 Å². The van der Waals surface area contributed by atoms with Crippen molar-refractivity contribution < 1.29 is 17.9 Å². The molecular weight excluding hydrogens is 297 g/mol. The molecule has 0 aliphatic carbocycles. The molecule has 0 amide bonds. The molecule has 1 nitrogen and oxygen atoms in total. The maximum absolute atomic E-state index is 12.4. The van der Waals surface area contributed by atoms with Gasteiger partial charge < -0.3 is 4.74 Å². The van der Waals surface area contributed by atoms with Crippen LogP contribution < -0.4 is 0 Å². The maximum atomic E-state index is 12.4. The van der Waals surface area contributed by atoms with Crippen LogP contribution in [0.25, 0.3) is 0 Å². The highest BCUT2D eigenvalue weighted by Gasteiger charge is 2.38. The highest BCUT2D eigenvalue weighted by atomic mass is 79.9. The van der Waals surface area contributed by atoms with Gasteiger partial charge in [0.25, 0.3) is 0 Å². The van der Waals surface area contributed by atoms with Crippen molar-refractivity contribution in [1.29, 1.82) is 0 Å². The molecule has 0 saturated heterocycles. The molecule has 96 valence electrons. The van der Waals surface area contributed by atoms with Gasteiger partial charge >= 0.3 is 6.18 Å². The molecule has 1 aromatic carbocycles. The van der Waals surface area contributed by atoms with Crippen molar-refractivity contribution in [2.24, 2.45) is 0 Å². The summed E-state index contributed by atoms with van der Waals surface area (Å²) in [6.07, 6.45) is -6.69. The lowest BCUT2D eigenvalue weighted by Gasteiger charge is -2.24. The lowest BCUT2D eigenvalue weighted by molar-refractivity contribution is -0.225. The predicted molar refractivity (Wildman–Crippen MR) is 64.3 cm³/mol. The highest BCUT2D eigenvalue weighted by Crippen LogP contribution is 2.30. The number of aryl methyl sites for hydroxylation is 1. The van der Waals surface area contributed by atoms with Crippen LogP contribution in [-0.4, -0.2) is 17.6 Å². The Morgan fingerprint density at radius 1 is 1.29 bits per heavy atom. The Labute approximate surface area is 107 Å². The van der Waals surface area contributed by atoms with Gasteiger partial charge in [-0.05, 0) is 25.0 Å². The Hall–Kier alpha value is -0.550. The van der Waals surface area contributed by atoms with Crippen molar-refractivity contribution in [3.63, 3.8) is 0 Å². The topological polar surface area (TPSA) is 9.23 Å². The minimum atomic E-state index is -4.33. The summed E-state index contributed by atoms with van der Waals surface area (Å²) in [6.45, 7) is 2.88. The van der Waals surface area contributed by atoms with Crippen LogP contribution in [0.2, 0.25) is 0 Å². The van der Waals surface area contributed by atoms with Crippen LogP contribution in [0.5, 0.6) is 0 Å². The largest absolute Gasteiger partial charge is 0.414 e. The zero-order valence-electron chi connectivity index (χ0n) is 9.59. The molecule has 0 radical (unpaired) electrons. The molecule has 0 aliphatic rings. The second-order valence-electron chi connectivity index (χ2n) is 3.82. The molecule has 0 spiro atoms. The molecule has 0 fully saturated rings. The van der Waals surface area contributed by atoms with Gasteiger partial charge in [0, 0.05) is 5.33 Å². The van der Waals surface area contributed by atoms with Gasteiger partial charge in [-0.15, -0.1) is 0 Å². The molecule has 5 heteroatoms. The highest BCUT2D eigenvalue weighted by molar-refractivity contribution is 9.09. The van der Waals surface area contributed by atoms with Crippen molar-refractivity contribution in [2.45, 2.75) is 32.2 Å². The molecule has 0 heterocycles. The fourth-order valence-electron chi connectivity index (χ4n) is 1.46. The van der Waals surface area contributed by atoms with Crippen LogP contribution in [0.4, 0.5) is 13.2 Å². The van der Waals surface area contributed by atoms with E-state index < -0.39 is 18.4 Å². The number of hydrogen-bond acceptors (Lipinski definition) is 1. The number of rotatable bonds is 4. The molecule has 1 aromatic rings. The smallest absolute Gasteiger partial charge is 0.360 e.